The Labute approximate surface area is 141 Å². The third-order valence-corrected chi connectivity index (χ3v) is 4.10. The van der Waals surface area contributed by atoms with E-state index in [0.717, 1.165) is 17.7 Å². The highest BCUT2D eigenvalue weighted by atomic mass is 35.5. The number of hydrogen-bond acceptors (Lipinski definition) is 4. The summed E-state index contributed by atoms with van der Waals surface area (Å²) >= 11 is 5.86. The highest BCUT2D eigenvalue weighted by molar-refractivity contribution is 6.29. The van der Waals surface area contributed by atoms with E-state index in [4.69, 9.17) is 11.6 Å². The Morgan fingerprint density at radius 1 is 1.33 bits per heavy atom. The van der Waals surface area contributed by atoms with Crippen molar-refractivity contribution in [3.8, 4) is 0 Å². The summed E-state index contributed by atoms with van der Waals surface area (Å²) in [6, 6.07) is 3.31. The molecule has 2 amide bonds. The molecule has 0 atom stereocenters. The zero-order valence-corrected chi connectivity index (χ0v) is 13.5. The number of nitrogens with zero attached hydrogens (tertiary/aromatic N) is 4. The van der Waals surface area contributed by atoms with Crippen LogP contribution in [0.4, 0.5) is 26.2 Å². The number of anilines is 2. The second kappa shape index (κ2) is 5.72. The highest BCUT2D eigenvalue weighted by Gasteiger charge is 2.31. The maximum atomic E-state index is 13.7. The normalized spacial score (nSPS) is 13.9. The van der Waals surface area contributed by atoms with Crippen molar-refractivity contribution in [3.05, 3.63) is 56.6 Å². The number of urea groups is 1. The van der Waals surface area contributed by atoms with Gasteiger partial charge in [-0.2, -0.15) is 4.39 Å². The molecule has 1 aliphatic heterocycles. The molecule has 0 fully saturated rings. The first-order valence-electron chi connectivity index (χ1n) is 6.93. The minimum atomic E-state index is -0.937. The Hall–Kier alpha value is -2.74. The van der Waals surface area contributed by atoms with Crippen LogP contribution in [0.15, 0.2) is 24.4 Å². The van der Waals surface area contributed by atoms with Gasteiger partial charge in [-0.15, -0.1) is 0 Å². The largest absolute Gasteiger partial charge is 0.329 e. The van der Waals surface area contributed by atoms with E-state index in [1.54, 1.807) is 26.2 Å². The first-order chi connectivity index (χ1) is 11.3. The van der Waals surface area contributed by atoms with Crippen LogP contribution in [0.1, 0.15) is 11.1 Å². The number of halogens is 2. The van der Waals surface area contributed by atoms with Crippen LogP contribution in [-0.4, -0.2) is 23.0 Å². The molecule has 1 aromatic carbocycles. The van der Waals surface area contributed by atoms with Gasteiger partial charge in [0.05, 0.1) is 22.8 Å². The number of nitro groups is 1. The minimum Gasteiger partial charge on any atom is -0.297 e. The SMILES string of the molecule is Cc1cc(F)c([N+](=O)[O-])cc1N1Cc2cnc(Cl)cc2N(C)C1=O. The van der Waals surface area contributed by atoms with Gasteiger partial charge in [0.1, 0.15) is 5.15 Å². The van der Waals surface area contributed by atoms with E-state index in [1.165, 1.54) is 9.80 Å². The van der Waals surface area contributed by atoms with E-state index in [-0.39, 0.29) is 17.4 Å². The van der Waals surface area contributed by atoms with Crippen LogP contribution in [0.2, 0.25) is 5.15 Å². The quantitative estimate of drug-likeness (QED) is 0.470. The number of nitro benzene ring substituents is 1. The van der Waals surface area contributed by atoms with Crippen LogP contribution in [0.3, 0.4) is 0 Å². The van der Waals surface area contributed by atoms with Crippen molar-refractivity contribution in [2.45, 2.75) is 13.5 Å². The third-order valence-electron chi connectivity index (χ3n) is 3.89. The van der Waals surface area contributed by atoms with Gasteiger partial charge >= 0.3 is 11.7 Å². The van der Waals surface area contributed by atoms with Crippen LogP contribution >= 0.6 is 11.6 Å². The zero-order chi connectivity index (χ0) is 17.6. The number of pyridine rings is 1. The second-order valence-corrected chi connectivity index (χ2v) is 5.80. The fourth-order valence-electron chi connectivity index (χ4n) is 2.67. The predicted octanol–water partition coefficient (Wildman–Crippen LogP) is 3.67. The molecule has 2 heterocycles. The molecule has 0 radical (unpaired) electrons. The predicted molar refractivity (Wildman–Crippen MR) is 87.0 cm³/mol. The Morgan fingerprint density at radius 3 is 2.71 bits per heavy atom. The van der Waals surface area contributed by atoms with Gasteiger partial charge in [-0.25, -0.2) is 9.78 Å². The molecule has 0 bridgehead atoms. The summed E-state index contributed by atoms with van der Waals surface area (Å²) in [6.45, 7) is 1.75. The highest BCUT2D eigenvalue weighted by Crippen LogP contribution is 2.35. The van der Waals surface area contributed by atoms with E-state index in [1.807, 2.05) is 0 Å². The lowest BCUT2D eigenvalue weighted by Gasteiger charge is -2.35. The van der Waals surface area contributed by atoms with Crippen molar-refractivity contribution >= 4 is 34.7 Å². The van der Waals surface area contributed by atoms with Gasteiger partial charge in [-0.05, 0) is 24.6 Å². The Kier molecular flexibility index (Phi) is 3.84. The van der Waals surface area contributed by atoms with Crippen molar-refractivity contribution in [2.75, 3.05) is 16.8 Å². The van der Waals surface area contributed by atoms with Gasteiger partial charge in [0, 0.05) is 24.9 Å². The van der Waals surface area contributed by atoms with Gasteiger partial charge in [-0.3, -0.25) is 19.9 Å². The molecule has 9 heteroatoms. The monoisotopic (exact) mass is 350 g/mol. The lowest BCUT2D eigenvalue weighted by Crippen LogP contribution is -2.45. The van der Waals surface area contributed by atoms with Crippen molar-refractivity contribution in [1.29, 1.82) is 0 Å². The first kappa shape index (κ1) is 16.1. The van der Waals surface area contributed by atoms with Crippen molar-refractivity contribution in [3.63, 3.8) is 0 Å². The molecule has 0 aliphatic carbocycles. The van der Waals surface area contributed by atoms with E-state index < -0.39 is 22.5 Å². The molecular weight excluding hydrogens is 339 g/mol. The zero-order valence-electron chi connectivity index (χ0n) is 12.8. The van der Waals surface area contributed by atoms with Gasteiger partial charge in [0.2, 0.25) is 5.82 Å². The van der Waals surface area contributed by atoms with E-state index in [2.05, 4.69) is 4.98 Å². The number of rotatable bonds is 2. The van der Waals surface area contributed by atoms with Crippen LogP contribution in [-0.2, 0) is 6.54 Å². The van der Waals surface area contributed by atoms with Crippen LogP contribution in [0, 0.1) is 22.9 Å². The summed E-state index contributed by atoms with van der Waals surface area (Å²) in [5.74, 6) is -0.937. The lowest BCUT2D eigenvalue weighted by molar-refractivity contribution is -0.387. The van der Waals surface area contributed by atoms with Crippen LogP contribution < -0.4 is 9.80 Å². The van der Waals surface area contributed by atoms with Gasteiger partial charge in [-0.1, -0.05) is 11.6 Å². The number of fused-ring (bicyclic) bond motifs is 1. The summed E-state index contributed by atoms with van der Waals surface area (Å²) in [4.78, 5) is 29.5. The topological polar surface area (TPSA) is 79.6 Å². The molecule has 24 heavy (non-hydrogen) atoms. The molecule has 0 N–H and O–H groups in total. The van der Waals surface area contributed by atoms with Crippen LogP contribution in [0.25, 0.3) is 0 Å². The standard InChI is InChI=1S/C15H12ClFN4O3/c1-8-3-10(17)13(21(23)24)4-11(8)20-7-9-6-18-14(16)5-12(9)19(2)15(20)22/h3-6H,7H2,1-2H3. The maximum absolute atomic E-state index is 13.7. The van der Waals surface area contributed by atoms with Crippen molar-refractivity contribution in [1.82, 2.24) is 4.98 Å². The number of amides is 2. The molecule has 0 unspecified atom stereocenters. The number of benzene rings is 1. The molecule has 1 aliphatic rings. The summed E-state index contributed by atoms with van der Waals surface area (Å²) in [6.07, 6.45) is 1.54. The molecule has 7 nitrogen and oxygen atoms in total. The summed E-state index contributed by atoms with van der Waals surface area (Å²) in [5.41, 5.74) is 1.37. The third kappa shape index (κ3) is 2.54. The van der Waals surface area contributed by atoms with Crippen LogP contribution in [0.5, 0.6) is 0 Å². The average molecular weight is 351 g/mol. The summed E-state index contributed by atoms with van der Waals surface area (Å²) in [5, 5.41) is 11.2. The maximum Gasteiger partial charge on any atom is 0.329 e. The molecule has 0 saturated heterocycles. The number of aryl methyl sites for hydroxylation is 1. The molecule has 3 rings (SSSR count). The van der Waals surface area contributed by atoms with Crippen molar-refractivity contribution < 1.29 is 14.1 Å². The smallest absolute Gasteiger partial charge is 0.297 e. The molecule has 124 valence electrons. The lowest BCUT2D eigenvalue weighted by atomic mass is 10.1. The second-order valence-electron chi connectivity index (χ2n) is 5.41. The van der Waals surface area contributed by atoms with E-state index in [9.17, 15) is 19.3 Å². The number of hydrogen-bond donors (Lipinski definition) is 0. The van der Waals surface area contributed by atoms with Gasteiger partial charge in [0.25, 0.3) is 0 Å². The Bertz CT molecular complexity index is 874. The van der Waals surface area contributed by atoms with Crippen molar-refractivity contribution in [2.24, 2.45) is 0 Å². The summed E-state index contributed by atoms with van der Waals surface area (Å²) in [7, 11) is 1.57. The Balaban J connectivity index is 2.11. The fraction of sp³-hybridized carbons (Fsp3) is 0.200. The number of aromatic nitrogens is 1. The number of carbonyl (C=O) groups excluding carboxylic acids is 1. The molecule has 0 spiro atoms. The van der Waals surface area contributed by atoms with Gasteiger partial charge in [0.15, 0.2) is 0 Å². The number of carbonyl (C=O) groups is 1. The molecule has 1 aromatic heterocycles. The van der Waals surface area contributed by atoms with Gasteiger partial charge < -0.3 is 0 Å². The minimum absolute atomic E-state index is 0.159. The average Bonchev–Trinajstić information content (AvgIpc) is 2.51. The van der Waals surface area contributed by atoms with E-state index >= 15 is 0 Å². The first-order valence-corrected chi connectivity index (χ1v) is 7.31. The molecular formula is C15H12ClFN4O3. The molecule has 2 aromatic rings. The van der Waals surface area contributed by atoms with E-state index in [0.29, 0.717) is 11.3 Å². The fourth-order valence-corrected chi connectivity index (χ4v) is 2.83. The summed E-state index contributed by atoms with van der Waals surface area (Å²) < 4.78 is 13.7. The Morgan fingerprint density at radius 2 is 2.04 bits per heavy atom. The molecule has 0 saturated carbocycles.